The fraction of sp³-hybridized carbons (Fsp3) is 0.500. The number of amides is 1. The second-order valence-corrected chi connectivity index (χ2v) is 4.20. The van der Waals surface area contributed by atoms with E-state index in [9.17, 15) is 4.79 Å². The molecule has 2 N–H and O–H groups in total. The predicted molar refractivity (Wildman–Crippen MR) is 66.6 cm³/mol. The van der Waals surface area contributed by atoms with Crippen LogP contribution >= 0.6 is 0 Å². The molecule has 1 aliphatic rings. The van der Waals surface area contributed by atoms with Crippen molar-refractivity contribution < 1.29 is 4.79 Å². The first-order chi connectivity index (χ1) is 8.22. The number of rotatable bonds is 2. The SMILES string of the molecule is CC(=O)N1CCN(c2cnccc2CN)CC1. The number of piperazine rings is 1. The quantitative estimate of drug-likeness (QED) is 0.794. The van der Waals surface area contributed by atoms with Crippen molar-refractivity contribution in [2.45, 2.75) is 13.5 Å². The van der Waals surface area contributed by atoms with Crippen LogP contribution in [0.2, 0.25) is 0 Å². The molecule has 0 atom stereocenters. The van der Waals surface area contributed by atoms with Crippen LogP contribution in [0.15, 0.2) is 18.5 Å². The first kappa shape index (κ1) is 11.9. The van der Waals surface area contributed by atoms with Crippen LogP contribution in [0.1, 0.15) is 12.5 Å². The Morgan fingerprint density at radius 2 is 2.12 bits per heavy atom. The first-order valence-electron chi connectivity index (χ1n) is 5.86. The van der Waals surface area contributed by atoms with Crippen LogP contribution in [0, 0.1) is 0 Å². The van der Waals surface area contributed by atoms with E-state index in [0.29, 0.717) is 6.54 Å². The zero-order chi connectivity index (χ0) is 12.3. The highest BCUT2D eigenvalue weighted by molar-refractivity contribution is 5.73. The monoisotopic (exact) mass is 234 g/mol. The number of carbonyl (C=O) groups excluding carboxylic acids is 1. The van der Waals surface area contributed by atoms with Gasteiger partial charge < -0.3 is 15.5 Å². The number of nitrogens with zero attached hydrogens (tertiary/aromatic N) is 3. The number of hydrogen-bond acceptors (Lipinski definition) is 4. The zero-order valence-electron chi connectivity index (χ0n) is 10.1. The fourth-order valence-electron chi connectivity index (χ4n) is 2.13. The molecule has 1 aliphatic heterocycles. The molecule has 92 valence electrons. The summed E-state index contributed by atoms with van der Waals surface area (Å²) in [4.78, 5) is 19.5. The normalized spacial score (nSPS) is 16.1. The van der Waals surface area contributed by atoms with Crippen molar-refractivity contribution in [2.75, 3.05) is 31.1 Å². The van der Waals surface area contributed by atoms with Crippen molar-refractivity contribution in [2.24, 2.45) is 5.73 Å². The van der Waals surface area contributed by atoms with Crippen LogP contribution in [0.25, 0.3) is 0 Å². The van der Waals surface area contributed by atoms with Crippen LogP contribution in [-0.2, 0) is 11.3 Å². The molecule has 5 heteroatoms. The highest BCUT2D eigenvalue weighted by Crippen LogP contribution is 2.20. The average molecular weight is 234 g/mol. The Labute approximate surface area is 101 Å². The molecule has 2 heterocycles. The van der Waals surface area contributed by atoms with E-state index in [4.69, 9.17) is 5.73 Å². The van der Waals surface area contributed by atoms with Gasteiger partial charge in [0.25, 0.3) is 0 Å². The molecular weight excluding hydrogens is 216 g/mol. The smallest absolute Gasteiger partial charge is 0.219 e. The van der Waals surface area contributed by atoms with E-state index >= 15 is 0 Å². The van der Waals surface area contributed by atoms with Gasteiger partial charge in [0.1, 0.15) is 0 Å². The molecule has 1 saturated heterocycles. The van der Waals surface area contributed by atoms with E-state index in [1.165, 1.54) is 0 Å². The lowest BCUT2D eigenvalue weighted by Crippen LogP contribution is -2.48. The summed E-state index contributed by atoms with van der Waals surface area (Å²) in [5.74, 6) is 0.148. The Bertz CT molecular complexity index is 399. The number of anilines is 1. The van der Waals surface area contributed by atoms with Gasteiger partial charge in [0.2, 0.25) is 5.91 Å². The van der Waals surface area contributed by atoms with Crippen molar-refractivity contribution >= 4 is 11.6 Å². The van der Waals surface area contributed by atoms with Gasteiger partial charge in [-0.15, -0.1) is 0 Å². The summed E-state index contributed by atoms with van der Waals surface area (Å²) in [6.45, 7) is 5.37. The van der Waals surface area contributed by atoms with Gasteiger partial charge in [-0.1, -0.05) is 0 Å². The zero-order valence-corrected chi connectivity index (χ0v) is 10.1. The lowest BCUT2D eigenvalue weighted by molar-refractivity contribution is -0.129. The maximum atomic E-state index is 11.2. The Balaban J connectivity index is 2.07. The summed E-state index contributed by atoms with van der Waals surface area (Å²) in [6.07, 6.45) is 3.61. The lowest BCUT2D eigenvalue weighted by atomic mass is 10.2. The molecule has 2 rings (SSSR count). The topological polar surface area (TPSA) is 62.5 Å². The molecule has 1 fully saturated rings. The number of hydrogen-bond donors (Lipinski definition) is 1. The van der Waals surface area contributed by atoms with E-state index in [1.54, 1.807) is 13.1 Å². The van der Waals surface area contributed by atoms with Crippen LogP contribution in [0.3, 0.4) is 0 Å². The molecule has 0 radical (unpaired) electrons. The van der Waals surface area contributed by atoms with Crippen LogP contribution in [0.4, 0.5) is 5.69 Å². The lowest BCUT2D eigenvalue weighted by Gasteiger charge is -2.36. The van der Waals surface area contributed by atoms with E-state index in [1.807, 2.05) is 17.2 Å². The number of pyridine rings is 1. The van der Waals surface area contributed by atoms with Gasteiger partial charge in [0.05, 0.1) is 11.9 Å². The Hall–Kier alpha value is -1.62. The van der Waals surface area contributed by atoms with Gasteiger partial charge in [-0.05, 0) is 11.6 Å². The van der Waals surface area contributed by atoms with Crippen molar-refractivity contribution in [3.05, 3.63) is 24.0 Å². The summed E-state index contributed by atoms with van der Waals surface area (Å²) in [7, 11) is 0. The largest absolute Gasteiger partial charge is 0.366 e. The van der Waals surface area contributed by atoms with E-state index in [0.717, 1.165) is 37.4 Å². The Morgan fingerprint density at radius 1 is 1.41 bits per heavy atom. The number of nitrogens with two attached hydrogens (primary N) is 1. The standard InChI is InChI=1S/C12H18N4O/c1-10(17)15-4-6-16(7-5-15)12-9-14-3-2-11(12)8-13/h2-3,9H,4-8,13H2,1H3. The third-order valence-electron chi connectivity index (χ3n) is 3.17. The molecule has 1 aromatic heterocycles. The molecule has 0 unspecified atom stereocenters. The molecule has 1 amide bonds. The average Bonchev–Trinajstić information content (AvgIpc) is 2.39. The molecule has 0 aliphatic carbocycles. The van der Waals surface area contributed by atoms with Gasteiger partial charge in [0.15, 0.2) is 0 Å². The van der Waals surface area contributed by atoms with E-state index in [2.05, 4.69) is 9.88 Å². The number of aromatic nitrogens is 1. The summed E-state index contributed by atoms with van der Waals surface area (Å²) in [6, 6.07) is 1.95. The predicted octanol–water partition coefficient (Wildman–Crippen LogP) is 0.209. The second-order valence-electron chi connectivity index (χ2n) is 4.20. The van der Waals surface area contributed by atoms with Gasteiger partial charge in [-0.3, -0.25) is 9.78 Å². The van der Waals surface area contributed by atoms with Gasteiger partial charge in [-0.2, -0.15) is 0 Å². The maximum absolute atomic E-state index is 11.2. The van der Waals surface area contributed by atoms with Crippen molar-refractivity contribution in [3.8, 4) is 0 Å². The minimum absolute atomic E-state index is 0.148. The van der Waals surface area contributed by atoms with Gasteiger partial charge in [0, 0.05) is 45.8 Å². The van der Waals surface area contributed by atoms with Crippen molar-refractivity contribution in [3.63, 3.8) is 0 Å². The second kappa shape index (κ2) is 5.14. The molecule has 0 saturated carbocycles. The summed E-state index contributed by atoms with van der Waals surface area (Å²) in [5.41, 5.74) is 7.92. The van der Waals surface area contributed by atoms with E-state index < -0.39 is 0 Å². The molecule has 0 aromatic carbocycles. The molecule has 0 spiro atoms. The highest BCUT2D eigenvalue weighted by atomic mass is 16.2. The van der Waals surface area contributed by atoms with Crippen LogP contribution in [-0.4, -0.2) is 42.0 Å². The molecule has 1 aromatic rings. The Kier molecular flexibility index (Phi) is 3.58. The first-order valence-corrected chi connectivity index (χ1v) is 5.86. The van der Waals surface area contributed by atoms with Crippen LogP contribution in [0.5, 0.6) is 0 Å². The van der Waals surface area contributed by atoms with E-state index in [-0.39, 0.29) is 5.91 Å². The van der Waals surface area contributed by atoms with Crippen molar-refractivity contribution in [1.82, 2.24) is 9.88 Å². The maximum Gasteiger partial charge on any atom is 0.219 e. The molecule has 17 heavy (non-hydrogen) atoms. The molecule has 0 bridgehead atoms. The van der Waals surface area contributed by atoms with Crippen molar-refractivity contribution in [1.29, 1.82) is 0 Å². The summed E-state index contributed by atoms with van der Waals surface area (Å²) < 4.78 is 0. The number of carbonyl (C=O) groups is 1. The third-order valence-corrected chi connectivity index (χ3v) is 3.17. The highest BCUT2D eigenvalue weighted by Gasteiger charge is 2.20. The molecule has 5 nitrogen and oxygen atoms in total. The summed E-state index contributed by atoms with van der Waals surface area (Å²) >= 11 is 0. The van der Waals surface area contributed by atoms with Gasteiger partial charge >= 0.3 is 0 Å². The fourth-order valence-corrected chi connectivity index (χ4v) is 2.13. The third kappa shape index (κ3) is 2.55. The minimum atomic E-state index is 0.148. The van der Waals surface area contributed by atoms with Crippen LogP contribution < -0.4 is 10.6 Å². The van der Waals surface area contributed by atoms with Gasteiger partial charge in [-0.25, -0.2) is 0 Å². The Morgan fingerprint density at radius 3 is 2.71 bits per heavy atom. The summed E-state index contributed by atoms with van der Waals surface area (Å²) in [5, 5.41) is 0. The molecular formula is C12H18N4O. The minimum Gasteiger partial charge on any atom is -0.366 e.